The number of nitrogens with one attached hydrogen (secondary N) is 1. The lowest BCUT2D eigenvalue weighted by atomic mass is 10.3. The van der Waals surface area contributed by atoms with Crippen molar-refractivity contribution in [2.45, 2.75) is 6.54 Å². The molecule has 0 saturated heterocycles. The summed E-state index contributed by atoms with van der Waals surface area (Å²) in [5.74, 6) is 1.37. The van der Waals surface area contributed by atoms with E-state index in [-0.39, 0.29) is 0 Å². The van der Waals surface area contributed by atoms with Gasteiger partial charge in [-0.3, -0.25) is 0 Å². The Morgan fingerprint density at radius 2 is 2.18 bits per heavy atom. The number of hydrogen-bond donors (Lipinski definition) is 1. The third-order valence-corrected chi connectivity index (χ3v) is 2.71. The second kappa shape index (κ2) is 5.58. The van der Waals surface area contributed by atoms with E-state index in [9.17, 15) is 0 Å². The monoisotopic (exact) mass is 294 g/mol. The normalized spacial score (nSPS) is 10.0. The van der Waals surface area contributed by atoms with Crippen LogP contribution < -0.4 is 10.1 Å². The van der Waals surface area contributed by atoms with E-state index in [1.165, 1.54) is 6.33 Å². The van der Waals surface area contributed by atoms with Crippen LogP contribution in [0.4, 0.5) is 5.82 Å². The van der Waals surface area contributed by atoms with Crippen LogP contribution in [0.1, 0.15) is 5.56 Å². The van der Waals surface area contributed by atoms with Gasteiger partial charge in [0, 0.05) is 25.0 Å². The molecule has 2 aromatic heterocycles. The molecule has 0 aliphatic rings. The molecule has 6 heteroatoms. The summed E-state index contributed by atoms with van der Waals surface area (Å²) < 4.78 is 5.83. The third-order valence-electron chi connectivity index (χ3n) is 2.13. The van der Waals surface area contributed by atoms with Gasteiger partial charge < -0.3 is 10.1 Å². The van der Waals surface area contributed by atoms with Gasteiger partial charge in [0.05, 0.1) is 11.6 Å². The first-order valence-corrected chi connectivity index (χ1v) is 5.77. The molecule has 0 radical (unpaired) electrons. The molecular formula is C11H11BrN4O. The standard InChI is InChI=1S/C11H11BrN4O/c1-17-10-3-2-8(4-14-10)5-15-11-9(12)6-13-7-16-11/h2-4,6-7H,5H2,1H3,(H,13,15,16). The van der Waals surface area contributed by atoms with Crippen LogP contribution in [0.25, 0.3) is 0 Å². The average molecular weight is 295 g/mol. The smallest absolute Gasteiger partial charge is 0.212 e. The molecule has 0 saturated carbocycles. The van der Waals surface area contributed by atoms with Gasteiger partial charge >= 0.3 is 0 Å². The zero-order valence-electron chi connectivity index (χ0n) is 9.22. The summed E-state index contributed by atoms with van der Waals surface area (Å²) in [4.78, 5) is 12.1. The highest BCUT2D eigenvalue weighted by atomic mass is 79.9. The number of methoxy groups -OCH3 is 1. The van der Waals surface area contributed by atoms with Crippen LogP contribution in [-0.4, -0.2) is 22.1 Å². The van der Waals surface area contributed by atoms with Crippen LogP contribution in [0.2, 0.25) is 0 Å². The van der Waals surface area contributed by atoms with Gasteiger partial charge in [0.15, 0.2) is 0 Å². The maximum absolute atomic E-state index is 4.99. The van der Waals surface area contributed by atoms with Crippen molar-refractivity contribution in [1.82, 2.24) is 15.0 Å². The van der Waals surface area contributed by atoms with Gasteiger partial charge in [-0.2, -0.15) is 0 Å². The predicted octanol–water partition coefficient (Wildman–Crippen LogP) is 2.25. The molecule has 0 bridgehead atoms. The zero-order chi connectivity index (χ0) is 12.1. The molecule has 0 aromatic carbocycles. The molecule has 5 nitrogen and oxygen atoms in total. The first-order chi connectivity index (χ1) is 8.29. The molecule has 2 rings (SSSR count). The van der Waals surface area contributed by atoms with E-state index in [1.54, 1.807) is 19.5 Å². The first kappa shape index (κ1) is 11.8. The van der Waals surface area contributed by atoms with Gasteiger partial charge in [-0.15, -0.1) is 0 Å². The summed E-state index contributed by atoms with van der Waals surface area (Å²) in [7, 11) is 1.60. The fourth-order valence-corrected chi connectivity index (χ4v) is 1.63. The highest BCUT2D eigenvalue weighted by Gasteiger charge is 2.00. The number of ether oxygens (including phenoxy) is 1. The minimum absolute atomic E-state index is 0.608. The summed E-state index contributed by atoms with van der Waals surface area (Å²) in [6.45, 7) is 0.645. The lowest BCUT2D eigenvalue weighted by Gasteiger charge is -2.06. The second-order valence-electron chi connectivity index (χ2n) is 3.28. The Bertz CT molecular complexity index is 489. The maximum Gasteiger partial charge on any atom is 0.212 e. The van der Waals surface area contributed by atoms with E-state index >= 15 is 0 Å². The minimum atomic E-state index is 0.608. The largest absolute Gasteiger partial charge is 0.481 e. The Morgan fingerprint density at radius 3 is 2.82 bits per heavy atom. The van der Waals surface area contributed by atoms with Crippen LogP contribution in [-0.2, 0) is 6.54 Å². The van der Waals surface area contributed by atoms with Crippen molar-refractivity contribution in [2.24, 2.45) is 0 Å². The summed E-state index contributed by atoms with van der Waals surface area (Å²) in [5, 5.41) is 3.19. The van der Waals surface area contributed by atoms with Gasteiger partial charge in [-0.05, 0) is 21.5 Å². The van der Waals surface area contributed by atoms with Crippen molar-refractivity contribution in [3.8, 4) is 5.88 Å². The highest BCUT2D eigenvalue weighted by Crippen LogP contribution is 2.18. The van der Waals surface area contributed by atoms with E-state index in [1.807, 2.05) is 12.1 Å². The van der Waals surface area contributed by atoms with Gasteiger partial charge in [0.1, 0.15) is 12.1 Å². The Hall–Kier alpha value is -1.69. The molecule has 2 aromatic rings. The van der Waals surface area contributed by atoms with Crippen molar-refractivity contribution >= 4 is 21.7 Å². The molecule has 0 aliphatic carbocycles. The number of aromatic nitrogens is 3. The quantitative estimate of drug-likeness (QED) is 0.937. The minimum Gasteiger partial charge on any atom is -0.481 e. The third kappa shape index (κ3) is 3.13. The molecule has 0 atom stereocenters. The molecule has 0 unspecified atom stereocenters. The topological polar surface area (TPSA) is 59.9 Å². The van der Waals surface area contributed by atoms with Crippen molar-refractivity contribution in [2.75, 3.05) is 12.4 Å². The van der Waals surface area contributed by atoms with Gasteiger partial charge in [0.2, 0.25) is 5.88 Å². The average Bonchev–Trinajstić information content (AvgIpc) is 2.38. The van der Waals surface area contributed by atoms with Gasteiger partial charge in [-0.25, -0.2) is 15.0 Å². The fraction of sp³-hybridized carbons (Fsp3) is 0.182. The van der Waals surface area contributed by atoms with E-state index in [0.29, 0.717) is 12.4 Å². The molecule has 17 heavy (non-hydrogen) atoms. The van der Waals surface area contributed by atoms with Crippen molar-refractivity contribution < 1.29 is 4.74 Å². The number of anilines is 1. The van der Waals surface area contributed by atoms with Crippen LogP contribution in [0.15, 0.2) is 35.3 Å². The number of rotatable bonds is 4. The number of hydrogen-bond acceptors (Lipinski definition) is 5. The Morgan fingerprint density at radius 1 is 1.29 bits per heavy atom. The summed E-state index contributed by atoms with van der Waals surface area (Å²) in [6, 6.07) is 3.78. The molecule has 88 valence electrons. The van der Waals surface area contributed by atoms with Crippen molar-refractivity contribution in [3.05, 3.63) is 40.9 Å². The molecular weight excluding hydrogens is 284 g/mol. The van der Waals surface area contributed by atoms with E-state index in [4.69, 9.17) is 4.74 Å². The molecule has 0 amide bonds. The number of nitrogens with zero attached hydrogens (tertiary/aromatic N) is 3. The first-order valence-electron chi connectivity index (χ1n) is 4.98. The Kier molecular flexibility index (Phi) is 3.87. The van der Waals surface area contributed by atoms with Crippen LogP contribution >= 0.6 is 15.9 Å². The van der Waals surface area contributed by atoms with E-state index in [2.05, 4.69) is 36.2 Å². The van der Waals surface area contributed by atoms with Crippen molar-refractivity contribution in [3.63, 3.8) is 0 Å². The fourth-order valence-electron chi connectivity index (χ4n) is 1.26. The van der Waals surface area contributed by atoms with Crippen LogP contribution in [0.3, 0.4) is 0 Å². The Balaban J connectivity index is 2.00. The zero-order valence-corrected chi connectivity index (χ0v) is 10.8. The summed E-state index contributed by atoms with van der Waals surface area (Å²) in [6.07, 6.45) is 4.96. The SMILES string of the molecule is COc1ccc(CNc2ncncc2Br)cn1. The lowest BCUT2D eigenvalue weighted by Crippen LogP contribution is -2.02. The van der Waals surface area contributed by atoms with E-state index < -0.39 is 0 Å². The second-order valence-corrected chi connectivity index (χ2v) is 4.14. The predicted molar refractivity (Wildman–Crippen MR) is 67.8 cm³/mol. The number of halogens is 1. The summed E-state index contributed by atoms with van der Waals surface area (Å²) >= 11 is 3.37. The molecule has 1 N–H and O–H groups in total. The molecule has 0 spiro atoms. The number of pyridine rings is 1. The molecule has 0 aliphatic heterocycles. The van der Waals surface area contributed by atoms with Gasteiger partial charge in [-0.1, -0.05) is 6.07 Å². The van der Waals surface area contributed by atoms with Crippen LogP contribution in [0.5, 0.6) is 5.88 Å². The maximum atomic E-state index is 4.99. The van der Waals surface area contributed by atoms with Gasteiger partial charge in [0.25, 0.3) is 0 Å². The van der Waals surface area contributed by atoms with E-state index in [0.717, 1.165) is 15.9 Å². The Labute approximate surface area is 107 Å². The lowest BCUT2D eigenvalue weighted by molar-refractivity contribution is 0.397. The molecule has 0 fully saturated rings. The van der Waals surface area contributed by atoms with Crippen LogP contribution in [0, 0.1) is 0 Å². The highest BCUT2D eigenvalue weighted by molar-refractivity contribution is 9.10. The van der Waals surface area contributed by atoms with Crippen molar-refractivity contribution in [1.29, 1.82) is 0 Å². The molecule has 2 heterocycles. The summed E-state index contributed by atoms with van der Waals surface area (Å²) in [5.41, 5.74) is 1.05.